The molecule has 194 valence electrons. The van der Waals surface area contributed by atoms with E-state index in [2.05, 4.69) is 14.9 Å². The zero-order valence-electron chi connectivity index (χ0n) is 21.3. The Hall–Kier alpha value is -2.94. The average molecular weight is 505 g/mol. The van der Waals surface area contributed by atoms with E-state index in [0.29, 0.717) is 55.9 Å². The molecule has 2 fully saturated rings. The van der Waals surface area contributed by atoms with E-state index < -0.39 is 5.41 Å². The van der Waals surface area contributed by atoms with Gasteiger partial charge in [-0.15, -0.1) is 0 Å². The summed E-state index contributed by atoms with van der Waals surface area (Å²) in [5.41, 5.74) is 3.62. The molecule has 3 aliphatic heterocycles. The Morgan fingerprint density at radius 1 is 1.08 bits per heavy atom. The summed E-state index contributed by atoms with van der Waals surface area (Å²) in [6.07, 6.45) is 8.50. The van der Waals surface area contributed by atoms with Crippen molar-refractivity contribution in [2.45, 2.75) is 44.1 Å². The summed E-state index contributed by atoms with van der Waals surface area (Å²) in [6.45, 7) is 5.44. The lowest BCUT2D eigenvalue weighted by Gasteiger charge is -2.32. The molecule has 0 atom stereocenters. The number of piperidine rings is 1. The molecule has 3 aliphatic rings. The highest BCUT2D eigenvalue weighted by Crippen LogP contribution is 2.50. The molecule has 37 heavy (non-hydrogen) atoms. The van der Waals surface area contributed by atoms with Crippen LogP contribution in [0.2, 0.25) is 0 Å². The minimum Gasteiger partial charge on any atom is -0.381 e. The van der Waals surface area contributed by atoms with Crippen molar-refractivity contribution in [1.82, 2.24) is 14.9 Å². The van der Waals surface area contributed by atoms with Gasteiger partial charge in [-0.3, -0.25) is 14.8 Å². The van der Waals surface area contributed by atoms with Crippen molar-refractivity contribution >= 4 is 22.5 Å². The Morgan fingerprint density at radius 2 is 1.89 bits per heavy atom. The molecule has 0 bridgehead atoms. The topological polar surface area (TPSA) is 67.8 Å². The number of carbonyl (C=O) groups is 1. The molecule has 1 aromatic carbocycles. The van der Waals surface area contributed by atoms with Crippen LogP contribution in [0.25, 0.3) is 22.0 Å². The number of hydrogen-bond donors (Lipinski definition) is 0. The second-order valence-corrected chi connectivity index (χ2v) is 10.4. The fourth-order valence-electron chi connectivity index (χ4n) is 6.13. The number of likely N-dealkylation sites (N-methyl/N-ethyl adjacent to an activating group) is 1. The predicted octanol–water partition coefficient (Wildman–Crippen LogP) is 4.46. The van der Waals surface area contributed by atoms with Gasteiger partial charge in [-0.2, -0.15) is 0 Å². The number of amides is 1. The average Bonchev–Trinajstić information content (AvgIpc) is 3.14. The molecule has 5 heterocycles. The van der Waals surface area contributed by atoms with E-state index in [-0.39, 0.29) is 11.7 Å². The van der Waals surface area contributed by atoms with Crippen LogP contribution in [0, 0.1) is 5.82 Å². The highest BCUT2D eigenvalue weighted by molar-refractivity contribution is 6.12. The van der Waals surface area contributed by atoms with Crippen molar-refractivity contribution in [3.8, 4) is 11.1 Å². The lowest BCUT2D eigenvalue weighted by atomic mass is 9.74. The Morgan fingerprint density at radius 3 is 2.65 bits per heavy atom. The van der Waals surface area contributed by atoms with Crippen molar-refractivity contribution < 1.29 is 18.7 Å². The van der Waals surface area contributed by atoms with Gasteiger partial charge in [0, 0.05) is 61.1 Å². The van der Waals surface area contributed by atoms with Crippen LogP contribution < -0.4 is 4.90 Å². The number of anilines is 1. The van der Waals surface area contributed by atoms with Crippen LogP contribution in [-0.2, 0) is 26.3 Å². The second-order valence-electron chi connectivity index (χ2n) is 10.4. The van der Waals surface area contributed by atoms with E-state index in [1.165, 1.54) is 25.3 Å². The molecule has 2 saturated heterocycles. The highest BCUT2D eigenvalue weighted by Gasteiger charge is 2.51. The summed E-state index contributed by atoms with van der Waals surface area (Å²) in [6, 6.07) is 7.09. The third kappa shape index (κ3) is 4.41. The number of nitrogens with zero attached hydrogens (tertiary/aromatic N) is 4. The van der Waals surface area contributed by atoms with E-state index in [1.54, 1.807) is 24.3 Å². The van der Waals surface area contributed by atoms with Crippen LogP contribution in [0.4, 0.5) is 10.1 Å². The fourth-order valence-corrected chi connectivity index (χ4v) is 6.13. The molecule has 3 aromatic rings. The lowest BCUT2D eigenvalue weighted by Crippen LogP contribution is -2.43. The Bertz CT molecular complexity index is 1300. The maximum absolute atomic E-state index is 15.3. The van der Waals surface area contributed by atoms with E-state index in [4.69, 9.17) is 9.47 Å². The van der Waals surface area contributed by atoms with Gasteiger partial charge < -0.3 is 19.3 Å². The van der Waals surface area contributed by atoms with Gasteiger partial charge >= 0.3 is 0 Å². The zero-order chi connectivity index (χ0) is 25.4. The fraction of sp³-hybridized carbons (Fsp3) is 0.483. The molecule has 0 unspecified atom stereocenters. The van der Waals surface area contributed by atoms with Gasteiger partial charge in [0.1, 0.15) is 5.82 Å². The van der Waals surface area contributed by atoms with Crippen LogP contribution in [-0.4, -0.2) is 67.3 Å². The van der Waals surface area contributed by atoms with Gasteiger partial charge in [0.25, 0.3) is 0 Å². The molecule has 0 saturated carbocycles. The number of likely N-dealkylation sites (tertiary alicyclic amines) is 1. The van der Waals surface area contributed by atoms with Crippen molar-refractivity contribution in [2.24, 2.45) is 0 Å². The number of hydrogen-bond acceptors (Lipinski definition) is 6. The summed E-state index contributed by atoms with van der Waals surface area (Å²) in [7, 11) is 1.79. The SMILES string of the molecule is CN1C(=O)C2(CCOCC2)c2c1cnc1cc(F)c(-c3ccc(COCCN4CCCCC4)nc3)cc21. The number of fused-ring (bicyclic) bond motifs is 4. The predicted molar refractivity (Wildman–Crippen MR) is 140 cm³/mol. The Labute approximate surface area is 216 Å². The normalized spacial score (nSPS) is 19.6. The third-order valence-electron chi connectivity index (χ3n) is 8.22. The molecule has 0 aliphatic carbocycles. The van der Waals surface area contributed by atoms with Crippen molar-refractivity contribution in [2.75, 3.05) is 51.4 Å². The zero-order valence-corrected chi connectivity index (χ0v) is 21.3. The lowest BCUT2D eigenvalue weighted by molar-refractivity contribution is -0.126. The minimum atomic E-state index is -0.647. The van der Waals surface area contributed by atoms with Gasteiger partial charge in [0.15, 0.2) is 0 Å². The largest absolute Gasteiger partial charge is 0.381 e. The maximum Gasteiger partial charge on any atom is 0.237 e. The molecule has 2 aromatic heterocycles. The van der Waals surface area contributed by atoms with Crippen LogP contribution in [0.3, 0.4) is 0 Å². The molecule has 0 N–H and O–H groups in total. The van der Waals surface area contributed by atoms with E-state index in [9.17, 15) is 4.79 Å². The summed E-state index contributed by atoms with van der Waals surface area (Å²) in [4.78, 5) is 26.6. The van der Waals surface area contributed by atoms with Crippen LogP contribution in [0.1, 0.15) is 43.4 Å². The number of rotatable bonds is 6. The summed E-state index contributed by atoms with van der Waals surface area (Å²) in [5.74, 6) is -0.289. The molecular formula is C29H33FN4O3. The number of pyridine rings is 2. The quantitative estimate of drug-likeness (QED) is 0.462. The van der Waals surface area contributed by atoms with Gasteiger partial charge in [0.05, 0.1) is 41.7 Å². The highest BCUT2D eigenvalue weighted by atomic mass is 19.1. The summed E-state index contributed by atoms with van der Waals surface area (Å²) >= 11 is 0. The molecule has 7 nitrogen and oxygen atoms in total. The number of benzene rings is 1. The maximum atomic E-state index is 15.3. The van der Waals surface area contributed by atoms with Crippen LogP contribution in [0.5, 0.6) is 0 Å². The van der Waals surface area contributed by atoms with Crippen molar-refractivity contribution in [3.05, 3.63) is 53.7 Å². The smallest absolute Gasteiger partial charge is 0.237 e. The van der Waals surface area contributed by atoms with Gasteiger partial charge in [-0.05, 0) is 50.9 Å². The molecule has 8 heteroatoms. The Kier molecular flexibility index (Phi) is 6.65. The van der Waals surface area contributed by atoms with E-state index >= 15 is 4.39 Å². The third-order valence-corrected chi connectivity index (χ3v) is 8.22. The molecule has 6 rings (SSSR count). The number of ether oxygens (including phenoxy) is 2. The van der Waals surface area contributed by atoms with Gasteiger partial charge in [-0.1, -0.05) is 12.5 Å². The van der Waals surface area contributed by atoms with E-state index in [1.807, 2.05) is 18.2 Å². The summed E-state index contributed by atoms with van der Waals surface area (Å²) in [5, 5.41) is 0.818. The van der Waals surface area contributed by atoms with Crippen molar-refractivity contribution in [1.29, 1.82) is 0 Å². The second kappa shape index (κ2) is 10.1. The van der Waals surface area contributed by atoms with E-state index in [0.717, 1.165) is 42.0 Å². The van der Waals surface area contributed by atoms with Crippen LogP contribution in [0.15, 0.2) is 36.7 Å². The van der Waals surface area contributed by atoms with Crippen molar-refractivity contribution in [3.63, 3.8) is 0 Å². The van der Waals surface area contributed by atoms with Gasteiger partial charge in [-0.25, -0.2) is 4.39 Å². The molecule has 1 spiro atoms. The minimum absolute atomic E-state index is 0.0669. The number of halogens is 1. The Balaban J connectivity index is 1.25. The molecular weight excluding hydrogens is 471 g/mol. The number of aromatic nitrogens is 2. The molecule has 0 radical (unpaired) electrons. The number of carbonyl (C=O) groups excluding carboxylic acids is 1. The van der Waals surface area contributed by atoms with Crippen LogP contribution >= 0.6 is 0 Å². The molecule has 1 amide bonds. The summed E-state index contributed by atoms with van der Waals surface area (Å²) < 4.78 is 26.7. The first kappa shape index (κ1) is 24.4. The first-order valence-corrected chi connectivity index (χ1v) is 13.3. The van der Waals surface area contributed by atoms with Gasteiger partial charge in [0.2, 0.25) is 5.91 Å². The first-order chi connectivity index (χ1) is 18.1. The standard InChI is InChI=1S/C29H33FN4O3/c1-33-26-18-32-25-16-24(30)22(15-23(25)27(26)29(28(33)35)7-12-36-13-8-29)20-5-6-21(31-17-20)19-37-14-11-34-9-3-2-4-10-34/h5-6,15-18H,2-4,7-14,19H2,1H3. The first-order valence-electron chi connectivity index (χ1n) is 13.3. The monoisotopic (exact) mass is 504 g/mol.